The Hall–Kier alpha value is -1.86. The third-order valence-corrected chi connectivity index (χ3v) is 9.60. The SMILES string of the molecule is Cc1nc(N2CC[C@@H]2C)nc(N2C[C@@H]3C(CSc4nc5ccccc5s4)[C@@H]3C2)c1C. The Balaban J connectivity index is 1.11. The second kappa shape index (κ2) is 7.09. The molecule has 6 rings (SSSR count). The molecule has 0 spiro atoms. The average molecular weight is 438 g/mol. The molecule has 1 aliphatic carbocycles. The molecule has 2 aliphatic heterocycles. The fourth-order valence-corrected chi connectivity index (χ4v) is 7.40. The van der Waals surface area contributed by atoms with Gasteiger partial charge in [-0.25, -0.2) is 9.97 Å². The van der Waals surface area contributed by atoms with Gasteiger partial charge < -0.3 is 9.80 Å². The number of piperidine rings is 1. The van der Waals surface area contributed by atoms with Crippen molar-refractivity contribution >= 4 is 45.1 Å². The first kappa shape index (κ1) is 18.9. The second-order valence-electron chi connectivity index (χ2n) is 9.04. The van der Waals surface area contributed by atoms with E-state index >= 15 is 0 Å². The highest BCUT2D eigenvalue weighted by molar-refractivity contribution is 8.01. The van der Waals surface area contributed by atoms with Crippen LogP contribution in [-0.2, 0) is 0 Å². The lowest BCUT2D eigenvalue weighted by molar-refractivity contribution is 0.469. The van der Waals surface area contributed by atoms with Crippen LogP contribution in [0.5, 0.6) is 0 Å². The predicted molar refractivity (Wildman–Crippen MR) is 126 cm³/mol. The van der Waals surface area contributed by atoms with Crippen molar-refractivity contribution in [3.63, 3.8) is 0 Å². The molecule has 4 atom stereocenters. The van der Waals surface area contributed by atoms with Gasteiger partial charge in [-0.15, -0.1) is 11.3 Å². The molecule has 0 radical (unpaired) electrons. The summed E-state index contributed by atoms with van der Waals surface area (Å²) in [5.74, 6) is 5.75. The van der Waals surface area contributed by atoms with Crippen molar-refractivity contribution in [2.24, 2.45) is 17.8 Å². The van der Waals surface area contributed by atoms with Crippen LogP contribution in [0.3, 0.4) is 0 Å². The molecule has 3 fully saturated rings. The molecular formula is C23H27N5S2. The van der Waals surface area contributed by atoms with Crippen molar-refractivity contribution in [3.05, 3.63) is 35.5 Å². The molecule has 2 saturated heterocycles. The second-order valence-corrected chi connectivity index (χ2v) is 11.3. The number of thioether (sulfide) groups is 1. The number of nitrogens with zero attached hydrogens (tertiary/aromatic N) is 5. The first-order valence-electron chi connectivity index (χ1n) is 10.9. The van der Waals surface area contributed by atoms with Crippen molar-refractivity contribution in [1.82, 2.24) is 15.0 Å². The molecule has 1 aromatic carbocycles. The smallest absolute Gasteiger partial charge is 0.227 e. The quantitative estimate of drug-likeness (QED) is 0.536. The van der Waals surface area contributed by atoms with Gasteiger partial charge in [0.05, 0.1) is 10.2 Å². The summed E-state index contributed by atoms with van der Waals surface area (Å²) in [4.78, 5) is 19.4. The van der Waals surface area contributed by atoms with Crippen LogP contribution in [0.4, 0.5) is 11.8 Å². The van der Waals surface area contributed by atoms with Gasteiger partial charge in [0.25, 0.3) is 0 Å². The summed E-state index contributed by atoms with van der Waals surface area (Å²) in [6.45, 7) is 9.94. The Morgan fingerprint density at radius 2 is 1.90 bits per heavy atom. The van der Waals surface area contributed by atoms with Gasteiger partial charge in [-0.05, 0) is 57.1 Å². The molecule has 0 N–H and O–H groups in total. The minimum absolute atomic E-state index is 0.566. The maximum atomic E-state index is 5.01. The normalized spacial score (nSPS) is 27.4. The van der Waals surface area contributed by atoms with Gasteiger partial charge >= 0.3 is 0 Å². The van der Waals surface area contributed by atoms with Crippen molar-refractivity contribution in [3.8, 4) is 0 Å². The van der Waals surface area contributed by atoms with Crippen molar-refractivity contribution < 1.29 is 0 Å². The van der Waals surface area contributed by atoms with E-state index in [0.717, 1.165) is 54.5 Å². The summed E-state index contributed by atoms with van der Waals surface area (Å²) in [7, 11) is 0. The average Bonchev–Trinajstić information content (AvgIpc) is 3.08. The Morgan fingerprint density at radius 3 is 2.60 bits per heavy atom. The van der Waals surface area contributed by atoms with Gasteiger partial charge in [0, 0.05) is 42.7 Å². The van der Waals surface area contributed by atoms with E-state index in [1.165, 1.54) is 32.6 Å². The van der Waals surface area contributed by atoms with Crippen LogP contribution in [0.25, 0.3) is 10.2 Å². The molecule has 0 bridgehead atoms. The number of thiazole rings is 1. The molecule has 156 valence electrons. The maximum absolute atomic E-state index is 5.01. The van der Waals surface area contributed by atoms with Gasteiger partial charge in [-0.2, -0.15) is 4.98 Å². The van der Waals surface area contributed by atoms with Crippen LogP contribution >= 0.6 is 23.1 Å². The van der Waals surface area contributed by atoms with E-state index < -0.39 is 0 Å². The van der Waals surface area contributed by atoms with E-state index in [1.807, 2.05) is 23.1 Å². The lowest BCUT2D eigenvalue weighted by atomic mass is 10.1. The van der Waals surface area contributed by atoms with Gasteiger partial charge in [-0.3, -0.25) is 0 Å². The molecule has 1 saturated carbocycles. The van der Waals surface area contributed by atoms with E-state index in [2.05, 4.69) is 54.8 Å². The first-order chi connectivity index (χ1) is 14.6. The minimum atomic E-state index is 0.566. The number of aryl methyl sites for hydroxylation is 1. The van der Waals surface area contributed by atoms with E-state index in [0.29, 0.717) is 6.04 Å². The number of hydrogen-bond donors (Lipinski definition) is 0. The highest BCUT2D eigenvalue weighted by Crippen LogP contribution is 2.54. The van der Waals surface area contributed by atoms with Gasteiger partial charge in [-0.1, -0.05) is 23.9 Å². The molecule has 30 heavy (non-hydrogen) atoms. The Bertz CT molecular complexity index is 1070. The van der Waals surface area contributed by atoms with Crippen LogP contribution < -0.4 is 9.80 Å². The number of aromatic nitrogens is 3. The fraction of sp³-hybridized carbons (Fsp3) is 0.522. The molecule has 4 heterocycles. The first-order valence-corrected chi connectivity index (χ1v) is 12.7. The zero-order valence-electron chi connectivity index (χ0n) is 17.7. The Kier molecular flexibility index (Phi) is 4.46. The minimum Gasteiger partial charge on any atom is -0.356 e. The standard InChI is InChI=1S/C23H27N5S2/c1-13-8-9-28(13)22-24-15(3)14(2)21(26-22)27-10-16-17(11-27)18(16)12-29-23-25-19-6-4-5-7-20(19)30-23/h4-7,13,16-18H,8-12H2,1-3H3/t13-,16-,17+,18?/m0/s1. The topological polar surface area (TPSA) is 45.2 Å². The molecule has 7 heteroatoms. The molecule has 1 unspecified atom stereocenters. The number of rotatable bonds is 5. The van der Waals surface area contributed by atoms with Crippen molar-refractivity contribution in [2.75, 3.05) is 35.2 Å². The fourth-order valence-electron chi connectivity index (χ4n) is 5.00. The highest BCUT2D eigenvalue weighted by atomic mass is 32.2. The molecular weight excluding hydrogens is 410 g/mol. The molecule has 5 nitrogen and oxygen atoms in total. The molecule has 3 aliphatic rings. The number of anilines is 2. The number of benzene rings is 1. The summed E-state index contributed by atoms with van der Waals surface area (Å²) < 4.78 is 2.51. The van der Waals surface area contributed by atoms with E-state index in [-0.39, 0.29) is 0 Å². The summed E-state index contributed by atoms with van der Waals surface area (Å²) in [6, 6.07) is 9.01. The highest BCUT2D eigenvalue weighted by Gasteiger charge is 2.55. The maximum Gasteiger partial charge on any atom is 0.227 e. The van der Waals surface area contributed by atoms with Crippen LogP contribution in [0.15, 0.2) is 28.6 Å². The van der Waals surface area contributed by atoms with E-state index in [1.54, 1.807) is 0 Å². The van der Waals surface area contributed by atoms with Crippen LogP contribution in [0.1, 0.15) is 24.6 Å². The zero-order valence-corrected chi connectivity index (χ0v) is 19.3. The monoisotopic (exact) mass is 437 g/mol. The lowest BCUT2D eigenvalue weighted by Gasteiger charge is -2.39. The van der Waals surface area contributed by atoms with Gasteiger partial charge in [0.1, 0.15) is 5.82 Å². The largest absolute Gasteiger partial charge is 0.356 e. The molecule has 0 amide bonds. The third-order valence-electron chi connectivity index (χ3n) is 7.27. The number of hydrogen-bond acceptors (Lipinski definition) is 7. The van der Waals surface area contributed by atoms with E-state index in [4.69, 9.17) is 15.0 Å². The third kappa shape index (κ3) is 3.09. The lowest BCUT2D eigenvalue weighted by Crippen LogP contribution is -2.47. The molecule has 2 aromatic heterocycles. The van der Waals surface area contributed by atoms with Gasteiger partial charge in [0.15, 0.2) is 4.34 Å². The van der Waals surface area contributed by atoms with Crippen molar-refractivity contribution in [2.45, 2.75) is 37.6 Å². The van der Waals surface area contributed by atoms with Crippen LogP contribution in [0, 0.1) is 31.6 Å². The van der Waals surface area contributed by atoms with Crippen LogP contribution in [-0.4, -0.2) is 46.4 Å². The van der Waals surface area contributed by atoms with Crippen molar-refractivity contribution in [1.29, 1.82) is 0 Å². The number of para-hydroxylation sites is 1. The molecule has 3 aromatic rings. The Morgan fingerprint density at radius 1 is 1.10 bits per heavy atom. The zero-order chi connectivity index (χ0) is 20.4. The summed E-state index contributed by atoms with van der Waals surface area (Å²) in [5, 5.41) is 0. The summed E-state index contributed by atoms with van der Waals surface area (Å²) in [5.41, 5.74) is 3.50. The predicted octanol–water partition coefficient (Wildman–Crippen LogP) is 4.78. The van der Waals surface area contributed by atoms with E-state index in [9.17, 15) is 0 Å². The number of fused-ring (bicyclic) bond motifs is 2. The summed E-state index contributed by atoms with van der Waals surface area (Å²) in [6.07, 6.45) is 1.24. The van der Waals surface area contributed by atoms with Crippen LogP contribution in [0.2, 0.25) is 0 Å². The Labute approximate surface area is 185 Å². The summed E-state index contributed by atoms with van der Waals surface area (Å²) >= 11 is 3.78. The van der Waals surface area contributed by atoms with Gasteiger partial charge in [0.2, 0.25) is 5.95 Å².